The average molecular weight is 304 g/mol. The molecule has 2 rings (SSSR count). The highest BCUT2D eigenvalue weighted by molar-refractivity contribution is 7.88. The Kier molecular flexibility index (Phi) is 5.05. The number of hydrogen-bond donors (Lipinski definition) is 0. The lowest BCUT2D eigenvalue weighted by molar-refractivity contribution is 0.350. The molecule has 0 spiro atoms. The number of aromatic nitrogens is 2. The first-order valence-corrected chi connectivity index (χ1v) is 7.47. The quantitative estimate of drug-likeness (QED) is 0.849. The van der Waals surface area contributed by atoms with Gasteiger partial charge in [0, 0.05) is 10.3 Å². The molecule has 0 saturated heterocycles. The normalized spacial score (nSPS) is 12.3. The van der Waals surface area contributed by atoms with Crippen molar-refractivity contribution >= 4 is 16.9 Å². The predicted octanol–water partition coefficient (Wildman–Crippen LogP) is 2.58. The van der Waals surface area contributed by atoms with E-state index in [4.69, 9.17) is 9.47 Å². The number of ether oxygens (including phenoxy) is 2. The Hall–Kier alpha value is -2.21. The number of methoxy groups -OCH3 is 2. The van der Waals surface area contributed by atoms with Gasteiger partial charge in [0.1, 0.15) is 0 Å². The van der Waals surface area contributed by atoms with E-state index in [0.29, 0.717) is 17.1 Å². The topological polar surface area (TPSA) is 61.3 Å². The Morgan fingerprint density at radius 1 is 1.10 bits per heavy atom. The molecule has 0 bridgehead atoms. The van der Waals surface area contributed by atoms with Crippen LogP contribution >= 0.6 is 0 Å². The van der Waals surface area contributed by atoms with Crippen molar-refractivity contribution in [2.75, 3.05) is 14.2 Å². The summed E-state index contributed by atoms with van der Waals surface area (Å²) in [6, 6.07) is 9.46. The highest BCUT2D eigenvalue weighted by Gasteiger charge is 2.10. The Balaban J connectivity index is 2.31. The second-order valence-electron chi connectivity index (χ2n) is 4.13. The van der Waals surface area contributed by atoms with Crippen LogP contribution in [0, 0.1) is 6.92 Å². The molecule has 0 fully saturated rings. The Labute approximate surface area is 126 Å². The number of nitrogens with zero attached hydrogens (tertiary/aromatic N) is 2. The van der Waals surface area contributed by atoms with Gasteiger partial charge in [-0.3, -0.25) is 0 Å². The molecule has 1 heterocycles. The number of rotatable bonds is 5. The third kappa shape index (κ3) is 3.66. The lowest BCUT2D eigenvalue weighted by Gasteiger charge is -2.08. The fraction of sp³-hybridized carbons (Fsp3) is 0.200. The molecular weight excluding hydrogens is 288 g/mol. The van der Waals surface area contributed by atoms with Crippen molar-refractivity contribution in [1.82, 2.24) is 9.97 Å². The van der Waals surface area contributed by atoms with Crippen LogP contribution in [0.2, 0.25) is 0 Å². The minimum absolute atomic E-state index is 0.241. The fourth-order valence-corrected chi connectivity index (χ4v) is 2.57. The summed E-state index contributed by atoms with van der Waals surface area (Å²) in [5.41, 5.74) is 1.38. The molecule has 1 atom stereocenters. The standard InChI is InChI=1S/C15H16N2O3S/c1-11-13(14(19-2)17-15(16-11)20-3)9-10-21(18)12-7-5-4-6-8-12/h4-10H,1-3H3/b10-9+. The van der Waals surface area contributed by atoms with Gasteiger partial charge in [0.2, 0.25) is 5.88 Å². The molecule has 0 aliphatic heterocycles. The summed E-state index contributed by atoms with van der Waals surface area (Å²) < 4.78 is 22.4. The number of aryl methyl sites for hydroxylation is 1. The zero-order chi connectivity index (χ0) is 15.2. The van der Waals surface area contributed by atoms with Crippen molar-refractivity contribution in [2.24, 2.45) is 0 Å². The van der Waals surface area contributed by atoms with Gasteiger partial charge in [-0.25, -0.2) is 4.21 Å². The maximum absolute atomic E-state index is 12.2. The molecule has 0 amide bonds. The van der Waals surface area contributed by atoms with Gasteiger partial charge in [0.25, 0.3) is 0 Å². The Morgan fingerprint density at radius 3 is 2.43 bits per heavy atom. The lowest BCUT2D eigenvalue weighted by atomic mass is 10.2. The smallest absolute Gasteiger partial charge is 0.319 e. The van der Waals surface area contributed by atoms with Crippen LogP contribution in [0.15, 0.2) is 40.6 Å². The highest BCUT2D eigenvalue weighted by Crippen LogP contribution is 2.23. The fourth-order valence-electron chi connectivity index (χ4n) is 1.73. The van der Waals surface area contributed by atoms with Crippen molar-refractivity contribution in [3.05, 3.63) is 47.0 Å². The van der Waals surface area contributed by atoms with Gasteiger partial charge < -0.3 is 9.47 Å². The van der Waals surface area contributed by atoms with Gasteiger partial charge >= 0.3 is 6.01 Å². The van der Waals surface area contributed by atoms with Gasteiger partial charge in [-0.2, -0.15) is 9.97 Å². The molecule has 0 aliphatic rings. The van der Waals surface area contributed by atoms with Crippen LogP contribution in [0.4, 0.5) is 0 Å². The maximum atomic E-state index is 12.2. The van der Waals surface area contributed by atoms with Crippen molar-refractivity contribution < 1.29 is 13.7 Å². The van der Waals surface area contributed by atoms with Gasteiger partial charge in [-0.1, -0.05) is 18.2 Å². The van der Waals surface area contributed by atoms with Crippen LogP contribution in [-0.2, 0) is 10.8 Å². The first-order valence-electron chi connectivity index (χ1n) is 6.26. The van der Waals surface area contributed by atoms with Gasteiger partial charge in [0.05, 0.1) is 36.3 Å². The van der Waals surface area contributed by atoms with Crippen LogP contribution in [0.25, 0.3) is 6.08 Å². The summed E-state index contributed by atoms with van der Waals surface area (Å²) >= 11 is 0. The van der Waals surface area contributed by atoms with E-state index in [1.165, 1.54) is 14.2 Å². The van der Waals surface area contributed by atoms with Gasteiger partial charge in [0.15, 0.2) is 0 Å². The van der Waals surface area contributed by atoms with E-state index in [2.05, 4.69) is 9.97 Å². The van der Waals surface area contributed by atoms with Crippen LogP contribution in [0.5, 0.6) is 11.9 Å². The minimum atomic E-state index is -1.23. The van der Waals surface area contributed by atoms with Crippen molar-refractivity contribution in [2.45, 2.75) is 11.8 Å². The Bertz CT molecular complexity index is 672. The van der Waals surface area contributed by atoms with Crippen LogP contribution in [-0.4, -0.2) is 28.4 Å². The molecule has 2 aromatic rings. The first kappa shape index (κ1) is 15.2. The summed E-state index contributed by atoms with van der Waals surface area (Å²) in [4.78, 5) is 9.04. The molecule has 1 aromatic heterocycles. The molecule has 5 nitrogen and oxygen atoms in total. The van der Waals surface area contributed by atoms with Gasteiger partial charge in [-0.05, 0) is 25.1 Å². The molecular formula is C15H16N2O3S. The number of hydrogen-bond acceptors (Lipinski definition) is 5. The monoisotopic (exact) mass is 304 g/mol. The second kappa shape index (κ2) is 6.99. The molecule has 0 N–H and O–H groups in total. The molecule has 110 valence electrons. The molecule has 1 aromatic carbocycles. The summed E-state index contributed by atoms with van der Waals surface area (Å²) in [5.74, 6) is 0.390. The van der Waals surface area contributed by atoms with Gasteiger partial charge in [-0.15, -0.1) is 0 Å². The zero-order valence-electron chi connectivity index (χ0n) is 12.1. The molecule has 21 heavy (non-hydrogen) atoms. The summed E-state index contributed by atoms with van der Waals surface area (Å²) in [7, 11) is 1.78. The SMILES string of the molecule is COc1nc(C)c(/C=C/S(=O)c2ccccc2)c(OC)n1. The van der Waals surface area contributed by atoms with Crippen molar-refractivity contribution in [3.63, 3.8) is 0 Å². The van der Waals surface area contributed by atoms with Crippen LogP contribution in [0.1, 0.15) is 11.3 Å². The second-order valence-corrected chi connectivity index (χ2v) is 5.47. The molecule has 0 saturated carbocycles. The predicted molar refractivity (Wildman–Crippen MR) is 81.8 cm³/mol. The number of benzene rings is 1. The van der Waals surface area contributed by atoms with Crippen molar-refractivity contribution in [3.8, 4) is 11.9 Å². The summed E-state index contributed by atoms with van der Waals surface area (Å²) in [5, 5.41) is 1.59. The van der Waals surface area contributed by atoms with E-state index < -0.39 is 10.8 Å². The highest BCUT2D eigenvalue weighted by atomic mass is 32.2. The molecule has 0 aliphatic carbocycles. The lowest BCUT2D eigenvalue weighted by Crippen LogP contribution is -2.01. The van der Waals surface area contributed by atoms with E-state index in [1.807, 2.05) is 37.3 Å². The van der Waals surface area contributed by atoms with Crippen molar-refractivity contribution in [1.29, 1.82) is 0 Å². The Morgan fingerprint density at radius 2 is 1.81 bits per heavy atom. The summed E-state index contributed by atoms with van der Waals surface area (Å²) in [6.45, 7) is 1.82. The summed E-state index contributed by atoms with van der Waals surface area (Å²) in [6.07, 6.45) is 1.71. The largest absolute Gasteiger partial charge is 0.480 e. The van der Waals surface area contributed by atoms with Crippen LogP contribution in [0.3, 0.4) is 0 Å². The molecule has 0 radical (unpaired) electrons. The minimum Gasteiger partial charge on any atom is -0.480 e. The van der Waals surface area contributed by atoms with E-state index in [-0.39, 0.29) is 6.01 Å². The van der Waals surface area contributed by atoms with E-state index in [0.717, 1.165) is 4.90 Å². The zero-order valence-corrected chi connectivity index (χ0v) is 12.9. The third-order valence-corrected chi connectivity index (χ3v) is 3.91. The maximum Gasteiger partial charge on any atom is 0.319 e. The molecule has 1 unspecified atom stereocenters. The van der Waals surface area contributed by atoms with Crippen LogP contribution < -0.4 is 9.47 Å². The van der Waals surface area contributed by atoms with E-state index in [9.17, 15) is 4.21 Å². The first-order chi connectivity index (χ1) is 10.2. The van der Waals surface area contributed by atoms with E-state index >= 15 is 0 Å². The molecule has 6 heteroatoms. The van der Waals surface area contributed by atoms with E-state index in [1.54, 1.807) is 11.5 Å². The average Bonchev–Trinajstić information content (AvgIpc) is 2.53. The third-order valence-electron chi connectivity index (χ3n) is 2.79.